The van der Waals surface area contributed by atoms with Gasteiger partial charge >= 0.3 is 0 Å². The zero-order chi connectivity index (χ0) is 12.8. The van der Waals surface area contributed by atoms with E-state index in [0.717, 1.165) is 36.7 Å². The summed E-state index contributed by atoms with van der Waals surface area (Å²) in [5, 5.41) is 3.25. The molecule has 5 nitrogen and oxygen atoms in total. The van der Waals surface area contributed by atoms with Crippen LogP contribution in [-0.2, 0) is 6.54 Å². The molecular formula is C13H18N4O. The maximum Gasteiger partial charge on any atom is 0.134 e. The van der Waals surface area contributed by atoms with Gasteiger partial charge < -0.3 is 14.6 Å². The van der Waals surface area contributed by atoms with Crippen LogP contribution in [0.4, 0.5) is 11.6 Å². The Morgan fingerprint density at radius 2 is 2.28 bits per heavy atom. The minimum atomic E-state index is 0.765. The predicted molar refractivity (Wildman–Crippen MR) is 71.6 cm³/mol. The van der Waals surface area contributed by atoms with Gasteiger partial charge in [0.1, 0.15) is 18.0 Å². The van der Waals surface area contributed by atoms with E-state index >= 15 is 0 Å². The first-order valence-electron chi connectivity index (χ1n) is 6.07. The molecule has 0 fully saturated rings. The fraction of sp³-hybridized carbons (Fsp3) is 0.385. The average Bonchev–Trinajstić information content (AvgIpc) is 2.89. The standard InChI is InChI=1S/C13H18N4O/c1-3-5-14-12-7-13(16-10-15-12)17(2)8-11-4-6-18-9-11/h4,6-7,9-10H,3,5,8H2,1-2H3,(H,14,15,16). The van der Waals surface area contributed by atoms with E-state index in [4.69, 9.17) is 4.42 Å². The van der Waals surface area contributed by atoms with Gasteiger partial charge in [0, 0.05) is 31.8 Å². The number of furan rings is 1. The number of rotatable bonds is 6. The lowest BCUT2D eigenvalue weighted by Crippen LogP contribution is -2.17. The van der Waals surface area contributed by atoms with Crippen molar-refractivity contribution in [1.29, 1.82) is 0 Å². The van der Waals surface area contributed by atoms with Gasteiger partial charge in [-0.1, -0.05) is 6.92 Å². The molecule has 0 aliphatic rings. The van der Waals surface area contributed by atoms with Crippen LogP contribution < -0.4 is 10.2 Å². The van der Waals surface area contributed by atoms with E-state index in [-0.39, 0.29) is 0 Å². The lowest BCUT2D eigenvalue weighted by molar-refractivity contribution is 0.563. The van der Waals surface area contributed by atoms with E-state index in [9.17, 15) is 0 Å². The summed E-state index contributed by atoms with van der Waals surface area (Å²) in [7, 11) is 2.00. The quantitative estimate of drug-likeness (QED) is 0.848. The molecule has 0 spiro atoms. The minimum Gasteiger partial charge on any atom is -0.472 e. The van der Waals surface area contributed by atoms with Crippen molar-refractivity contribution in [3.05, 3.63) is 36.5 Å². The zero-order valence-corrected chi connectivity index (χ0v) is 10.8. The highest BCUT2D eigenvalue weighted by Crippen LogP contribution is 2.15. The molecule has 96 valence electrons. The summed E-state index contributed by atoms with van der Waals surface area (Å²) in [6.07, 6.45) is 6.08. The van der Waals surface area contributed by atoms with Gasteiger partial charge in [-0.05, 0) is 12.5 Å². The molecule has 2 aromatic rings. The third-order valence-corrected chi connectivity index (χ3v) is 2.60. The molecule has 0 saturated carbocycles. The summed E-state index contributed by atoms with van der Waals surface area (Å²) in [6.45, 7) is 3.81. The molecule has 0 radical (unpaired) electrons. The highest BCUT2D eigenvalue weighted by atomic mass is 16.3. The molecule has 2 heterocycles. The number of anilines is 2. The SMILES string of the molecule is CCCNc1cc(N(C)Cc2ccoc2)ncn1. The molecule has 0 atom stereocenters. The molecular weight excluding hydrogens is 228 g/mol. The summed E-state index contributed by atoms with van der Waals surface area (Å²) in [5.74, 6) is 1.76. The summed E-state index contributed by atoms with van der Waals surface area (Å²) >= 11 is 0. The predicted octanol–water partition coefficient (Wildman–Crippen LogP) is 2.53. The third-order valence-electron chi connectivity index (χ3n) is 2.60. The number of hydrogen-bond donors (Lipinski definition) is 1. The van der Waals surface area contributed by atoms with E-state index < -0.39 is 0 Å². The summed E-state index contributed by atoms with van der Waals surface area (Å²) < 4.78 is 5.06. The number of hydrogen-bond acceptors (Lipinski definition) is 5. The monoisotopic (exact) mass is 246 g/mol. The normalized spacial score (nSPS) is 10.3. The highest BCUT2D eigenvalue weighted by molar-refractivity contribution is 5.48. The Balaban J connectivity index is 2.03. The van der Waals surface area contributed by atoms with Crippen LogP contribution in [0.1, 0.15) is 18.9 Å². The average molecular weight is 246 g/mol. The second kappa shape index (κ2) is 6.05. The van der Waals surface area contributed by atoms with Crippen LogP contribution in [0.5, 0.6) is 0 Å². The van der Waals surface area contributed by atoms with Crippen LogP contribution in [0.2, 0.25) is 0 Å². The smallest absolute Gasteiger partial charge is 0.134 e. The van der Waals surface area contributed by atoms with Gasteiger partial charge in [0.2, 0.25) is 0 Å². The summed E-state index contributed by atoms with van der Waals surface area (Å²) in [4.78, 5) is 10.5. The lowest BCUT2D eigenvalue weighted by atomic mass is 10.3. The van der Waals surface area contributed by atoms with E-state index in [2.05, 4.69) is 27.1 Å². The van der Waals surface area contributed by atoms with E-state index in [1.165, 1.54) is 0 Å². The summed E-state index contributed by atoms with van der Waals surface area (Å²) in [6, 6.07) is 3.91. The second-order valence-electron chi connectivity index (χ2n) is 4.18. The van der Waals surface area contributed by atoms with Crippen molar-refractivity contribution in [1.82, 2.24) is 9.97 Å². The molecule has 0 unspecified atom stereocenters. The van der Waals surface area contributed by atoms with Gasteiger partial charge in [-0.15, -0.1) is 0 Å². The van der Waals surface area contributed by atoms with Gasteiger partial charge in [-0.25, -0.2) is 9.97 Å². The van der Waals surface area contributed by atoms with Gasteiger partial charge in [0.25, 0.3) is 0 Å². The Morgan fingerprint density at radius 1 is 1.39 bits per heavy atom. The van der Waals surface area contributed by atoms with Gasteiger partial charge in [0.15, 0.2) is 0 Å². The molecule has 0 amide bonds. The van der Waals surface area contributed by atoms with Crippen LogP contribution >= 0.6 is 0 Å². The first-order valence-corrected chi connectivity index (χ1v) is 6.07. The molecule has 1 N–H and O–H groups in total. The molecule has 5 heteroatoms. The third kappa shape index (κ3) is 3.23. The lowest BCUT2D eigenvalue weighted by Gasteiger charge is -2.17. The maximum absolute atomic E-state index is 5.06. The number of nitrogens with zero attached hydrogens (tertiary/aromatic N) is 3. The molecule has 0 aliphatic heterocycles. The summed E-state index contributed by atoms with van der Waals surface area (Å²) in [5.41, 5.74) is 1.12. The molecule has 0 aromatic carbocycles. The molecule has 0 saturated heterocycles. The van der Waals surface area contributed by atoms with Crippen LogP contribution in [0.15, 0.2) is 35.4 Å². The van der Waals surface area contributed by atoms with Crippen LogP contribution in [0.25, 0.3) is 0 Å². The van der Waals surface area contributed by atoms with Gasteiger partial charge in [-0.2, -0.15) is 0 Å². The van der Waals surface area contributed by atoms with E-state index in [1.807, 2.05) is 19.2 Å². The Bertz CT molecular complexity index is 470. The number of aromatic nitrogens is 2. The van der Waals surface area contributed by atoms with E-state index in [1.54, 1.807) is 18.9 Å². The zero-order valence-electron chi connectivity index (χ0n) is 10.8. The Labute approximate surface area is 107 Å². The Hall–Kier alpha value is -2.04. The molecule has 18 heavy (non-hydrogen) atoms. The molecule has 2 rings (SSSR count). The minimum absolute atomic E-state index is 0.765. The topological polar surface area (TPSA) is 54.2 Å². The largest absolute Gasteiger partial charge is 0.472 e. The highest BCUT2D eigenvalue weighted by Gasteiger charge is 2.05. The van der Waals surface area contributed by atoms with E-state index in [0.29, 0.717) is 0 Å². The van der Waals surface area contributed by atoms with Gasteiger partial charge in [-0.3, -0.25) is 0 Å². The number of nitrogens with one attached hydrogen (secondary N) is 1. The van der Waals surface area contributed by atoms with Crippen molar-refractivity contribution in [2.24, 2.45) is 0 Å². The fourth-order valence-corrected chi connectivity index (χ4v) is 1.64. The second-order valence-corrected chi connectivity index (χ2v) is 4.18. The first kappa shape index (κ1) is 12.4. The fourth-order valence-electron chi connectivity index (χ4n) is 1.64. The van der Waals surface area contributed by atoms with Crippen molar-refractivity contribution < 1.29 is 4.42 Å². The maximum atomic E-state index is 5.06. The molecule has 0 bridgehead atoms. The van der Waals surface area contributed by atoms with Crippen molar-refractivity contribution in [2.75, 3.05) is 23.8 Å². The molecule has 0 aliphatic carbocycles. The van der Waals surface area contributed by atoms with Gasteiger partial charge in [0.05, 0.1) is 12.5 Å². The van der Waals surface area contributed by atoms with Crippen molar-refractivity contribution in [2.45, 2.75) is 19.9 Å². The van der Waals surface area contributed by atoms with Crippen molar-refractivity contribution in [3.8, 4) is 0 Å². The van der Waals surface area contributed by atoms with Crippen molar-refractivity contribution in [3.63, 3.8) is 0 Å². The first-order chi connectivity index (χ1) is 8.79. The molecule has 2 aromatic heterocycles. The Kier molecular flexibility index (Phi) is 4.17. The van der Waals surface area contributed by atoms with Crippen LogP contribution in [0.3, 0.4) is 0 Å². The van der Waals surface area contributed by atoms with Crippen LogP contribution in [0, 0.1) is 0 Å². The Morgan fingerprint density at radius 3 is 3.00 bits per heavy atom. The van der Waals surface area contributed by atoms with Crippen LogP contribution in [-0.4, -0.2) is 23.6 Å². The van der Waals surface area contributed by atoms with Crippen molar-refractivity contribution >= 4 is 11.6 Å².